The summed E-state index contributed by atoms with van der Waals surface area (Å²) in [6, 6.07) is 0. The van der Waals surface area contributed by atoms with Crippen LogP contribution in [0.25, 0.3) is 0 Å². The van der Waals surface area contributed by atoms with Gasteiger partial charge in [-0.1, -0.05) is 0 Å². The van der Waals surface area contributed by atoms with Gasteiger partial charge in [0.1, 0.15) is 0 Å². The molecule has 0 aliphatic heterocycles. The SMILES string of the molecule is CNC.CNC.CNC.CNC.Cl.Cl.Cl.Cl. The number of hydrogen-bond acceptors (Lipinski definition) is 4. The molecule has 0 aromatic heterocycles. The monoisotopic (exact) mass is 324 g/mol. The van der Waals surface area contributed by atoms with Gasteiger partial charge in [-0.25, -0.2) is 0 Å². The van der Waals surface area contributed by atoms with E-state index in [-0.39, 0.29) is 49.6 Å². The average molecular weight is 326 g/mol. The molecule has 4 nitrogen and oxygen atoms in total. The molecule has 4 N–H and O–H groups in total. The molecule has 0 aliphatic carbocycles. The van der Waals surface area contributed by atoms with Crippen LogP contribution in [0.5, 0.6) is 0 Å². The van der Waals surface area contributed by atoms with Crippen molar-refractivity contribution in [1.29, 1.82) is 0 Å². The maximum absolute atomic E-state index is 2.75. The van der Waals surface area contributed by atoms with E-state index in [2.05, 4.69) is 21.3 Å². The molecule has 16 heavy (non-hydrogen) atoms. The molecule has 8 heteroatoms. The van der Waals surface area contributed by atoms with Crippen LogP contribution in [0.4, 0.5) is 0 Å². The molecule has 0 atom stereocenters. The highest BCUT2D eigenvalue weighted by Gasteiger charge is 1.26. The minimum atomic E-state index is 0. The molecule has 112 valence electrons. The Kier molecular flexibility index (Phi) is 484. The van der Waals surface area contributed by atoms with Gasteiger partial charge < -0.3 is 21.3 Å². The predicted octanol–water partition coefficient (Wildman–Crippen LogP) is 1.03. The summed E-state index contributed by atoms with van der Waals surface area (Å²) in [6.07, 6.45) is 0. The van der Waals surface area contributed by atoms with Gasteiger partial charge in [0.2, 0.25) is 0 Å². The van der Waals surface area contributed by atoms with Crippen molar-refractivity contribution in [2.75, 3.05) is 56.4 Å². The first-order chi connectivity index (χ1) is 5.66. The van der Waals surface area contributed by atoms with Crippen molar-refractivity contribution < 1.29 is 0 Å². The lowest BCUT2D eigenvalue weighted by molar-refractivity contribution is 1.02. The third kappa shape index (κ3) is 2940. The van der Waals surface area contributed by atoms with Crippen LogP contribution in [0.2, 0.25) is 0 Å². The molecule has 0 aliphatic rings. The van der Waals surface area contributed by atoms with E-state index in [0.29, 0.717) is 0 Å². The predicted molar refractivity (Wildman–Crippen MR) is 88.9 cm³/mol. The average Bonchev–Trinajstić information content (AvgIpc) is 1.92. The van der Waals surface area contributed by atoms with Crippen LogP contribution < -0.4 is 21.3 Å². The van der Waals surface area contributed by atoms with Crippen molar-refractivity contribution in [1.82, 2.24) is 21.3 Å². The van der Waals surface area contributed by atoms with E-state index >= 15 is 0 Å². The van der Waals surface area contributed by atoms with Crippen molar-refractivity contribution in [3.8, 4) is 0 Å². The molecule has 0 unspecified atom stereocenters. The maximum atomic E-state index is 2.75. The fourth-order valence-electron chi connectivity index (χ4n) is 0. The molecule has 0 saturated heterocycles. The molecule has 0 amide bonds. The molecule has 0 aromatic rings. The first-order valence-corrected chi connectivity index (χ1v) is 4.00. The number of rotatable bonds is 0. The normalized spacial score (nSPS) is 4.50. The van der Waals surface area contributed by atoms with E-state index < -0.39 is 0 Å². The second kappa shape index (κ2) is 144. The van der Waals surface area contributed by atoms with Crippen molar-refractivity contribution in [3.63, 3.8) is 0 Å². The smallest absolute Gasteiger partial charge is 0.0167 e. The largest absolute Gasteiger partial charge is 0.323 e. The van der Waals surface area contributed by atoms with E-state index in [1.807, 2.05) is 56.4 Å². The van der Waals surface area contributed by atoms with Crippen molar-refractivity contribution in [2.24, 2.45) is 0 Å². The van der Waals surface area contributed by atoms with Crippen LogP contribution >= 0.6 is 49.6 Å². The Labute approximate surface area is 127 Å². The standard InChI is InChI=1S/4C2H7N.4ClH/c4*1-3-2;;;;/h4*3H,1-2H3;4*1H. The summed E-state index contributed by atoms with van der Waals surface area (Å²) in [5, 5.41) is 11.0. The molecule has 0 aromatic carbocycles. The Bertz CT molecular complexity index is 32.0. The zero-order chi connectivity index (χ0) is 10.8. The third-order valence-electron chi connectivity index (χ3n) is 0. The van der Waals surface area contributed by atoms with Crippen LogP contribution in [0.3, 0.4) is 0 Å². The van der Waals surface area contributed by atoms with Gasteiger partial charge in [-0.3, -0.25) is 0 Å². The van der Waals surface area contributed by atoms with E-state index in [4.69, 9.17) is 0 Å². The summed E-state index contributed by atoms with van der Waals surface area (Å²) in [7, 11) is 15.0. The summed E-state index contributed by atoms with van der Waals surface area (Å²) < 4.78 is 0. The lowest BCUT2D eigenvalue weighted by atomic mass is 11.3. The number of halogens is 4. The van der Waals surface area contributed by atoms with Crippen LogP contribution in [-0.2, 0) is 0 Å². The van der Waals surface area contributed by atoms with Crippen molar-refractivity contribution in [3.05, 3.63) is 0 Å². The van der Waals surface area contributed by atoms with Gasteiger partial charge in [-0.05, 0) is 56.4 Å². The maximum Gasteiger partial charge on any atom is -0.0167 e. The van der Waals surface area contributed by atoms with Crippen LogP contribution in [0, 0.1) is 0 Å². The minimum absolute atomic E-state index is 0. The minimum Gasteiger partial charge on any atom is -0.323 e. The van der Waals surface area contributed by atoms with Crippen molar-refractivity contribution >= 4 is 49.6 Å². The van der Waals surface area contributed by atoms with Crippen LogP contribution in [0.1, 0.15) is 0 Å². The summed E-state index contributed by atoms with van der Waals surface area (Å²) in [6.45, 7) is 0. The molecular weight excluding hydrogens is 294 g/mol. The Morgan fingerprint density at radius 1 is 0.312 bits per heavy atom. The molecule has 0 rings (SSSR count). The van der Waals surface area contributed by atoms with Crippen LogP contribution in [-0.4, -0.2) is 56.4 Å². The zero-order valence-corrected chi connectivity index (χ0v) is 14.9. The fourth-order valence-corrected chi connectivity index (χ4v) is 0. The Morgan fingerprint density at radius 2 is 0.312 bits per heavy atom. The molecule has 0 fully saturated rings. The Morgan fingerprint density at radius 3 is 0.312 bits per heavy atom. The fraction of sp³-hybridized carbons (Fsp3) is 1.00. The Hall–Kier alpha value is 1.00. The van der Waals surface area contributed by atoms with Gasteiger partial charge in [0.25, 0.3) is 0 Å². The summed E-state index contributed by atoms with van der Waals surface area (Å²) in [4.78, 5) is 0. The van der Waals surface area contributed by atoms with E-state index in [1.54, 1.807) is 0 Å². The first kappa shape index (κ1) is 53.7. The highest BCUT2D eigenvalue weighted by Crippen LogP contribution is 0.990. The zero-order valence-electron chi connectivity index (χ0n) is 11.6. The topological polar surface area (TPSA) is 48.1 Å². The molecule has 0 heterocycles. The highest BCUT2D eigenvalue weighted by atomic mass is 35.5. The third-order valence-corrected chi connectivity index (χ3v) is 0. The second-order valence-electron chi connectivity index (χ2n) is 2.00. The van der Waals surface area contributed by atoms with Gasteiger partial charge in [0, 0.05) is 0 Å². The summed E-state index contributed by atoms with van der Waals surface area (Å²) in [5.41, 5.74) is 0. The summed E-state index contributed by atoms with van der Waals surface area (Å²) >= 11 is 0. The molecular formula is C8H32Cl4N4. The van der Waals surface area contributed by atoms with Gasteiger partial charge in [-0.15, -0.1) is 49.6 Å². The number of nitrogens with one attached hydrogen (secondary N) is 4. The van der Waals surface area contributed by atoms with Gasteiger partial charge in [0.15, 0.2) is 0 Å². The molecule has 0 saturated carbocycles. The van der Waals surface area contributed by atoms with E-state index in [0.717, 1.165) is 0 Å². The van der Waals surface area contributed by atoms with E-state index in [1.165, 1.54) is 0 Å². The van der Waals surface area contributed by atoms with Crippen LogP contribution in [0.15, 0.2) is 0 Å². The number of hydrogen-bond donors (Lipinski definition) is 4. The van der Waals surface area contributed by atoms with Crippen molar-refractivity contribution in [2.45, 2.75) is 0 Å². The van der Waals surface area contributed by atoms with E-state index in [9.17, 15) is 0 Å². The van der Waals surface area contributed by atoms with Gasteiger partial charge in [-0.2, -0.15) is 0 Å². The molecule has 0 radical (unpaired) electrons. The summed E-state index contributed by atoms with van der Waals surface area (Å²) in [5.74, 6) is 0. The van der Waals surface area contributed by atoms with Gasteiger partial charge >= 0.3 is 0 Å². The Balaban J connectivity index is -0.00000000821. The first-order valence-electron chi connectivity index (χ1n) is 4.00. The highest BCUT2D eigenvalue weighted by molar-refractivity contribution is 5.86. The molecule has 0 bridgehead atoms. The molecule has 0 spiro atoms. The second-order valence-corrected chi connectivity index (χ2v) is 2.00. The quantitative estimate of drug-likeness (QED) is 0.537. The van der Waals surface area contributed by atoms with Gasteiger partial charge in [0.05, 0.1) is 0 Å². The lowest BCUT2D eigenvalue weighted by Gasteiger charge is -1.59. The lowest BCUT2D eigenvalue weighted by Crippen LogP contribution is -1.89.